The fourth-order valence-corrected chi connectivity index (χ4v) is 3.09. The lowest BCUT2D eigenvalue weighted by Crippen LogP contribution is -2.49. The Balaban J connectivity index is 1.76. The quantitative estimate of drug-likeness (QED) is 0.806. The average molecular weight is 237 g/mol. The summed E-state index contributed by atoms with van der Waals surface area (Å²) in [6.45, 7) is 3.52. The third-order valence-corrected chi connectivity index (χ3v) is 4.00. The van der Waals surface area contributed by atoms with Crippen LogP contribution in [0.15, 0.2) is 24.3 Å². The van der Waals surface area contributed by atoms with Crippen molar-refractivity contribution in [2.45, 2.75) is 24.9 Å². The van der Waals surface area contributed by atoms with Gasteiger partial charge in [-0.3, -0.25) is 4.90 Å². The molecule has 0 spiro atoms. The number of piperazine rings is 1. The van der Waals surface area contributed by atoms with E-state index in [0.29, 0.717) is 6.04 Å². The highest BCUT2D eigenvalue weighted by atomic mass is 35.5. The lowest BCUT2D eigenvalue weighted by Gasteiger charge is -2.36. The number of rotatable bonds is 1. The van der Waals surface area contributed by atoms with Gasteiger partial charge in [-0.1, -0.05) is 23.7 Å². The minimum atomic E-state index is 0.452. The van der Waals surface area contributed by atoms with Gasteiger partial charge in [0, 0.05) is 30.2 Å². The van der Waals surface area contributed by atoms with Gasteiger partial charge < -0.3 is 5.32 Å². The molecule has 1 aromatic rings. The van der Waals surface area contributed by atoms with Crippen LogP contribution in [0.2, 0.25) is 5.02 Å². The van der Waals surface area contributed by atoms with E-state index in [1.165, 1.54) is 24.9 Å². The molecule has 1 N–H and O–H groups in total. The number of hydrogen-bond donors (Lipinski definition) is 1. The zero-order chi connectivity index (χ0) is 11.0. The van der Waals surface area contributed by atoms with E-state index in [1.54, 1.807) is 0 Å². The standard InChI is InChI=1S/C13H17ClN2/c14-11-4-1-3-10(7-11)13-9-16-6-2-5-12(16)8-15-13/h1,3-4,7,12-13,15H,2,5-6,8-9H2. The van der Waals surface area contributed by atoms with Crippen LogP contribution in [0.25, 0.3) is 0 Å². The van der Waals surface area contributed by atoms with Crippen LogP contribution in [0.5, 0.6) is 0 Å². The molecule has 86 valence electrons. The number of nitrogens with one attached hydrogen (secondary N) is 1. The van der Waals surface area contributed by atoms with Crippen molar-refractivity contribution in [1.29, 1.82) is 0 Å². The second-order valence-corrected chi connectivity index (χ2v) is 5.24. The molecule has 1 aromatic carbocycles. The molecule has 2 atom stereocenters. The summed E-state index contributed by atoms with van der Waals surface area (Å²) in [6.07, 6.45) is 2.71. The summed E-state index contributed by atoms with van der Waals surface area (Å²) in [7, 11) is 0. The first kappa shape index (κ1) is 10.6. The molecule has 0 radical (unpaired) electrons. The van der Waals surface area contributed by atoms with Crippen LogP contribution in [0, 0.1) is 0 Å². The molecule has 2 heterocycles. The molecule has 3 rings (SSSR count). The second-order valence-electron chi connectivity index (χ2n) is 4.81. The van der Waals surface area contributed by atoms with Gasteiger partial charge in [-0.2, -0.15) is 0 Å². The van der Waals surface area contributed by atoms with Crippen molar-refractivity contribution >= 4 is 11.6 Å². The van der Waals surface area contributed by atoms with Gasteiger partial charge in [0.1, 0.15) is 0 Å². The van der Waals surface area contributed by atoms with Crippen molar-refractivity contribution in [3.8, 4) is 0 Å². The maximum atomic E-state index is 6.03. The molecule has 3 heteroatoms. The Bertz CT molecular complexity index is 380. The summed E-state index contributed by atoms with van der Waals surface area (Å²) < 4.78 is 0. The van der Waals surface area contributed by atoms with Gasteiger partial charge in [0.2, 0.25) is 0 Å². The third-order valence-electron chi connectivity index (χ3n) is 3.77. The summed E-state index contributed by atoms with van der Waals surface area (Å²) in [5.74, 6) is 0. The van der Waals surface area contributed by atoms with Gasteiger partial charge in [-0.25, -0.2) is 0 Å². The number of nitrogens with zero attached hydrogens (tertiary/aromatic N) is 1. The van der Waals surface area contributed by atoms with E-state index in [9.17, 15) is 0 Å². The van der Waals surface area contributed by atoms with Crippen molar-refractivity contribution in [2.75, 3.05) is 19.6 Å². The summed E-state index contributed by atoms with van der Waals surface area (Å²) in [6, 6.07) is 9.45. The van der Waals surface area contributed by atoms with E-state index in [-0.39, 0.29) is 0 Å². The monoisotopic (exact) mass is 236 g/mol. The van der Waals surface area contributed by atoms with Crippen LogP contribution < -0.4 is 5.32 Å². The molecule has 2 aliphatic heterocycles. The molecule has 2 fully saturated rings. The third kappa shape index (κ3) is 1.97. The first-order valence-corrected chi connectivity index (χ1v) is 6.43. The zero-order valence-corrected chi connectivity index (χ0v) is 10.1. The lowest BCUT2D eigenvalue weighted by atomic mass is 10.0. The number of halogens is 1. The number of fused-ring (bicyclic) bond motifs is 1. The van der Waals surface area contributed by atoms with E-state index in [4.69, 9.17) is 11.6 Å². The SMILES string of the molecule is Clc1cccc(C2CN3CCCC3CN2)c1. The van der Waals surface area contributed by atoms with Crippen LogP contribution in [0.1, 0.15) is 24.4 Å². The molecule has 0 aliphatic carbocycles. The Morgan fingerprint density at radius 2 is 2.31 bits per heavy atom. The number of benzene rings is 1. The van der Waals surface area contributed by atoms with Crippen LogP contribution >= 0.6 is 11.6 Å². The van der Waals surface area contributed by atoms with Crippen molar-refractivity contribution in [3.05, 3.63) is 34.9 Å². The van der Waals surface area contributed by atoms with Gasteiger partial charge in [0.15, 0.2) is 0 Å². The van der Waals surface area contributed by atoms with E-state index in [2.05, 4.69) is 22.3 Å². The Kier molecular flexibility index (Phi) is 2.88. The number of hydrogen-bond acceptors (Lipinski definition) is 2. The Hall–Kier alpha value is -0.570. The van der Waals surface area contributed by atoms with E-state index >= 15 is 0 Å². The predicted octanol–water partition coefficient (Wildman–Crippen LogP) is 2.45. The average Bonchev–Trinajstić information content (AvgIpc) is 2.75. The molecule has 0 amide bonds. The predicted molar refractivity (Wildman–Crippen MR) is 66.8 cm³/mol. The zero-order valence-electron chi connectivity index (χ0n) is 9.32. The summed E-state index contributed by atoms with van der Waals surface area (Å²) in [5, 5.41) is 4.47. The largest absolute Gasteiger partial charge is 0.307 e. The summed E-state index contributed by atoms with van der Waals surface area (Å²) >= 11 is 6.03. The summed E-state index contributed by atoms with van der Waals surface area (Å²) in [5.41, 5.74) is 1.32. The first-order chi connectivity index (χ1) is 7.83. The highest BCUT2D eigenvalue weighted by Gasteiger charge is 2.31. The molecule has 0 bridgehead atoms. The van der Waals surface area contributed by atoms with E-state index < -0.39 is 0 Å². The maximum Gasteiger partial charge on any atom is 0.0450 e. The maximum absolute atomic E-state index is 6.03. The highest BCUT2D eigenvalue weighted by Crippen LogP contribution is 2.27. The van der Waals surface area contributed by atoms with Gasteiger partial charge in [0.25, 0.3) is 0 Å². The van der Waals surface area contributed by atoms with Crippen molar-refractivity contribution in [3.63, 3.8) is 0 Å². The van der Waals surface area contributed by atoms with Crippen LogP contribution in [-0.2, 0) is 0 Å². The van der Waals surface area contributed by atoms with E-state index in [0.717, 1.165) is 24.2 Å². The fraction of sp³-hybridized carbons (Fsp3) is 0.538. The lowest BCUT2D eigenvalue weighted by molar-refractivity contribution is 0.174. The summed E-state index contributed by atoms with van der Waals surface area (Å²) in [4.78, 5) is 2.61. The molecule has 2 saturated heterocycles. The Morgan fingerprint density at radius 3 is 3.19 bits per heavy atom. The van der Waals surface area contributed by atoms with Gasteiger partial charge in [-0.15, -0.1) is 0 Å². The highest BCUT2D eigenvalue weighted by molar-refractivity contribution is 6.30. The first-order valence-electron chi connectivity index (χ1n) is 6.06. The fourth-order valence-electron chi connectivity index (χ4n) is 2.89. The molecule has 0 saturated carbocycles. The van der Waals surface area contributed by atoms with Gasteiger partial charge in [-0.05, 0) is 37.1 Å². The van der Waals surface area contributed by atoms with Crippen LogP contribution in [0.4, 0.5) is 0 Å². The normalized spacial score (nSPS) is 30.3. The van der Waals surface area contributed by atoms with E-state index in [1.807, 2.05) is 12.1 Å². The molecule has 0 aromatic heterocycles. The molecule has 16 heavy (non-hydrogen) atoms. The van der Waals surface area contributed by atoms with Gasteiger partial charge in [0.05, 0.1) is 0 Å². The second kappa shape index (κ2) is 4.36. The topological polar surface area (TPSA) is 15.3 Å². The smallest absolute Gasteiger partial charge is 0.0450 e. The minimum Gasteiger partial charge on any atom is -0.307 e. The molecule has 2 unspecified atom stereocenters. The van der Waals surface area contributed by atoms with Crippen molar-refractivity contribution in [1.82, 2.24) is 10.2 Å². The van der Waals surface area contributed by atoms with Crippen LogP contribution in [-0.4, -0.2) is 30.6 Å². The van der Waals surface area contributed by atoms with Crippen molar-refractivity contribution < 1.29 is 0 Å². The minimum absolute atomic E-state index is 0.452. The Morgan fingerprint density at radius 1 is 1.38 bits per heavy atom. The van der Waals surface area contributed by atoms with Crippen molar-refractivity contribution in [2.24, 2.45) is 0 Å². The molecular formula is C13H17ClN2. The van der Waals surface area contributed by atoms with Gasteiger partial charge >= 0.3 is 0 Å². The van der Waals surface area contributed by atoms with Crippen LogP contribution in [0.3, 0.4) is 0 Å². The molecule has 2 nitrogen and oxygen atoms in total. The molecular weight excluding hydrogens is 220 g/mol. The molecule has 2 aliphatic rings. The Labute approximate surface area is 102 Å².